The van der Waals surface area contributed by atoms with Crippen LogP contribution in [0, 0.1) is 17.6 Å². The molecule has 4 aromatic rings. The second-order valence-electron chi connectivity index (χ2n) is 11.0. The first-order chi connectivity index (χ1) is 23.8. The quantitative estimate of drug-likeness (QED) is 0.121. The number of aromatic nitrogens is 2. The predicted octanol–water partition coefficient (Wildman–Crippen LogP) is 7.55. The highest BCUT2D eigenvalue weighted by Crippen LogP contribution is 2.42. The minimum atomic E-state index is -5.00. The van der Waals surface area contributed by atoms with Crippen LogP contribution < -0.4 is 10.6 Å². The molecule has 2 aromatic carbocycles. The minimum Gasteiger partial charge on any atom is -0.394 e. The van der Waals surface area contributed by atoms with Gasteiger partial charge in [0.1, 0.15) is 27.2 Å². The van der Waals surface area contributed by atoms with Gasteiger partial charge in [0.2, 0.25) is 0 Å². The van der Waals surface area contributed by atoms with E-state index in [1.807, 2.05) is 0 Å². The fourth-order valence-electron chi connectivity index (χ4n) is 4.27. The zero-order valence-electron chi connectivity index (χ0n) is 26.5. The van der Waals surface area contributed by atoms with Crippen molar-refractivity contribution in [3.63, 3.8) is 0 Å². The van der Waals surface area contributed by atoms with Crippen LogP contribution in [0.2, 0.25) is 10.0 Å². The third-order valence-corrected chi connectivity index (χ3v) is 7.85. The van der Waals surface area contributed by atoms with Crippen molar-refractivity contribution in [1.82, 2.24) is 20.9 Å². The first-order valence-corrected chi connectivity index (χ1v) is 15.4. The third kappa shape index (κ3) is 9.75. The summed E-state index contributed by atoms with van der Waals surface area (Å²) >= 11 is 11.9. The topological polar surface area (TPSA) is 151 Å². The van der Waals surface area contributed by atoms with E-state index in [0.717, 1.165) is 18.2 Å². The number of hydrogen-bond donors (Lipinski definition) is 4. The monoisotopic (exact) mass is 774 g/mol. The van der Waals surface area contributed by atoms with Crippen molar-refractivity contribution in [2.45, 2.75) is 51.6 Å². The molecule has 2 aromatic heterocycles. The molecule has 0 saturated heterocycles. The van der Waals surface area contributed by atoms with Gasteiger partial charge in [-0.2, -0.15) is 26.3 Å². The van der Waals surface area contributed by atoms with Gasteiger partial charge in [0, 0.05) is 11.1 Å². The Balaban J connectivity index is 0.000000276. The number of aliphatic hydroxyl groups excluding tert-OH is 2. The Bertz CT molecular complexity index is 1840. The summed E-state index contributed by atoms with van der Waals surface area (Å²) in [5.74, 6) is -5.46. The molecule has 20 heteroatoms. The number of nitrogens with zero attached hydrogens (tertiary/aromatic N) is 2. The normalized spacial score (nSPS) is 13.0. The van der Waals surface area contributed by atoms with Crippen LogP contribution in [-0.2, 0) is 12.4 Å². The molecule has 0 fully saturated rings. The SMILES string of the molecule is CC(C)[C@H](CO)NC(=O)c1noc(-c2ccc(C(F)(F)F)c(F)c2)c1Cl.CC[C@H](CO)NC(=O)c1noc(-c2cccc(F)c2C(F)(F)F)c1Cl. The van der Waals surface area contributed by atoms with E-state index in [1.165, 1.54) is 0 Å². The van der Waals surface area contributed by atoms with E-state index >= 15 is 0 Å². The Labute approximate surface area is 293 Å². The van der Waals surface area contributed by atoms with Gasteiger partial charge in [-0.15, -0.1) is 0 Å². The first kappa shape index (κ1) is 41.2. The van der Waals surface area contributed by atoms with E-state index in [-0.39, 0.29) is 41.2 Å². The number of benzene rings is 2. The number of carbonyl (C=O) groups excluding carboxylic acids is 2. The molecular formula is C31H28Cl2F8N4O6. The summed E-state index contributed by atoms with van der Waals surface area (Å²) < 4.78 is 114. The van der Waals surface area contributed by atoms with Gasteiger partial charge in [-0.25, -0.2) is 8.78 Å². The molecule has 278 valence electrons. The van der Waals surface area contributed by atoms with E-state index in [9.17, 15) is 49.8 Å². The Hall–Kier alpha value is -4.26. The summed E-state index contributed by atoms with van der Waals surface area (Å²) in [4.78, 5) is 24.2. The fraction of sp³-hybridized carbons (Fsp3) is 0.355. The second-order valence-corrected chi connectivity index (χ2v) is 11.7. The Kier molecular flexibility index (Phi) is 13.6. The van der Waals surface area contributed by atoms with Gasteiger partial charge in [-0.3, -0.25) is 9.59 Å². The third-order valence-electron chi connectivity index (χ3n) is 7.15. The number of nitrogens with one attached hydrogen (secondary N) is 2. The van der Waals surface area contributed by atoms with Crippen LogP contribution in [0.1, 0.15) is 59.3 Å². The van der Waals surface area contributed by atoms with Crippen molar-refractivity contribution in [3.8, 4) is 22.6 Å². The number of amides is 2. The standard InChI is InChI=1S/C16H15ClF4N2O3.C15H13ClF4N2O3/c1-7(2)11(6-24)22-15(25)13-12(17)14(26-23-13)8-3-4-9(10(18)5-8)16(19,20)21;1-2-7(6-23)21-14(24)12-11(16)13(25-22-12)8-4-3-5-9(17)10(8)15(18,19)20/h3-5,7,11,24H,6H2,1-2H3,(H,22,25);3-5,7,23H,2,6H2,1H3,(H,21,24)/t11-;7-/m01/s1. The zero-order valence-corrected chi connectivity index (χ0v) is 28.0. The van der Waals surface area contributed by atoms with Gasteiger partial charge in [0.15, 0.2) is 22.9 Å². The summed E-state index contributed by atoms with van der Waals surface area (Å²) in [5.41, 5.74) is -4.55. The van der Waals surface area contributed by atoms with Crippen molar-refractivity contribution < 1.29 is 64.0 Å². The summed E-state index contributed by atoms with van der Waals surface area (Å²) in [6, 6.07) is 3.64. The lowest BCUT2D eigenvalue weighted by molar-refractivity contribution is -0.140. The molecule has 0 aliphatic rings. The van der Waals surface area contributed by atoms with E-state index in [4.69, 9.17) is 37.4 Å². The average Bonchev–Trinajstić information content (AvgIpc) is 3.63. The largest absolute Gasteiger partial charge is 0.419 e. The first-order valence-electron chi connectivity index (χ1n) is 14.6. The smallest absolute Gasteiger partial charge is 0.394 e. The molecule has 2 amide bonds. The fourth-order valence-corrected chi connectivity index (χ4v) is 4.79. The van der Waals surface area contributed by atoms with Gasteiger partial charge in [0.25, 0.3) is 11.8 Å². The number of rotatable bonds is 10. The molecule has 2 atom stereocenters. The van der Waals surface area contributed by atoms with Crippen molar-refractivity contribution >= 4 is 35.0 Å². The molecule has 51 heavy (non-hydrogen) atoms. The number of hydrogen-bond acceptors (Lipinski definition) is 8. The maximum Gasteiger partial charge on any atom is 0.419 e. The Morgan fingerprint density at radius 1 is 0.824 bits per heavy atom. The van der Waals surface area contributed by atoms with Crippen LogP contribution in [0.15, 0.2) is 45.4 Å². The van der Waals surface area contributed by atoms with E-state index in [1.54, 1.807) is 20.8 Å². The van der Waals surface area contributed by atoms with Gasteiger partial charge in [-0.05, 0) is 30.5 Å². The van der Waals surface area contributed by atoms with E-state index < -0.39 is 81.1 Å². The van der Waals surface area contributed by atoms with E-state index in [0.29, 0.717) is 24.6 Å². The molecule has 4 rings (SSSR count). The molecule has 2 heterocycles. The van der Waals surface area contributed by atoms with Crippen molar-refractivity contribution in [2.75, 3.05) is 13.2 Å². The number of alkyl halides is 6. The van der Waals surface area contributed by atoms with Crippen LogP contribution in [0.3, 0.4) is 0 Å². The maximum absolute atomic E-state index is 13.7. The summed E-state index contributed by atoms with van der Waals surface area (Å²) in [6.07, 6.45) is -9.43. The lowest BCUT2D eigenvalue weighted by Gasteiger charge is -2.19. The zero-order chi connectivity index (χ0) is 38.4. The highest BCUT2D eigenvalue weighted by Gasteiger charge is 2.39. The molecular weight excluding hydrogens is 747 g/mol. The molecule has 10 nitrogen and oxygen atoms in total. The summed E-state index contributed by atoms with van der Waals surface area (Å²) in [7, 11) is 0. The Morgan fingerprint density at radius 2 is 1.39 bits per heavy atom. The molecule has 4 N–H and O–H groups in total. The lowest BCUT2D eigenvalue weighted by Crippen LogP contribution is -2.41. The van der Waals surface area contributed by atoms with E-state index in [2.05, 4.69) is 20.9 Å². The molecule has 0 saturated carbocycles. The van der Waals surface area contributed by atoms with Crippen molar-refractivity contribution in [2.24, 2.45) is 5.92 Å². The van der Waals surface area contributed by atoms with Gasteiger partial charge >= 0.3 is 12.4 Å². The van der Waals surface area contributed by atoms with Crippen molar-refractivity contribution in [3.05, 3.63) is 80.6 Å². The highest BCUT2D eigenvalue weighted by atomic mass is 35.5. The van der Waals surface area contributed by atoms with Gasteiger partial charge in [-0.1, -0.05) is 72.5 Å². The number of aliphatic hydroxyl groups is 2. The van der Waals surface area contributed by atoms with Crippen LogP contribution in [0.25, 0.3) is 22.6 Å². The molecule has 0 radical (unpaired) electrons. The lowest BCUT2D eigenvalue weighted by atomic mass is 10.0. The Morgan fingerprint density at radius 3 is 1.88 bits per heavy atom. The molecule has 0 spiro atoms. The highest BCUT2D eigenvalue weighted by molar-refractivity contribution is 6.36. The van der Waals surface area contributed by atoms with Crippen LogP contribution in [0.5, 0.6) is 0 Å². The number of halogens is 10. The minimum absolute atomic E-state index is 0.0712. The molecule has 0 aliphatic heterocycles. The van der Waals surface area contributed by atoms with Crippen LogP contribution in [0.4, 0.5) is 35.1 Å². The average molecular weight is 775 g/mol. The van der Waals surface area contributed by atoms with Gasteiger partial charge < -0.3 is 29.9 Å². The van der Waals surface area contributed by atoms with Crippen molar-refractivity contribution in [1.29, 1.82) is 0 Å². The summed E-state index contributed by atoms with van der Waals surface area (Å²) in [5, 5.41) is 29.3. The number of carbonyl (C=O) groups is 2. The maximum atomic E-state index is 13.7. The molecule has 0 aliphatic carbocycles. The van der Waals surface area contributed by atoms with Crippen LogP contribution in [-0.4, -0.2) is 57.6 Å². The second kappa shape index (κ2) is 16.8. The van der Waals surface area contributed by atoms with Crippen LogP contribution >= 0.6 is 23.2 Å². The van der Waals surface area contributed by atoms with Gasteiger partial charge in [0.05, 0.1) is 30.9 Å². The molecule has 0 bridgehead atoms. The predicted molar refractivity (Wildman–Crippen MR) is 166 cm³/mol. The molecule has 0 unspecified atom stereocenters. The summed E-state index contributed by atoms with van der Waals surface area (Å²) in [6.45, 7) is 4.62.